The zero-order chi connectivity index (χ0) is 19.6. The van der Waals surface area contributed by atoms with Gasteiger partial charge in [-0.15, -0.1) is 24.0 Å². The van der Waals surface area contributed by atoms with Gasteiger partial charge >= 0.3 is 0 Å². The van der Waals surface area contributed by atoms with E-state index in [0.717, 1.165) is 35.3 Å². The van der Waals surface area contributed by atoms with Crippen molar-refractivity contribution in [3.05, 3.63) is 53.6 Å². The lowest BCUT2D eigenvalue weighted by Gasteiger charge is -2.23. The van der Waals surface area contributed by atoms with Crippen LogP contribution in [0.5, 0.6) is 17.2 Å². The van der Waals surface area contributed by atoms with Gasteiger partial charge < -0.3 is 24.4 Å². The molecule has 0 unspecified atom stereocenters. The molecule has 0 bridgehead atoms. The van der Waals surface area contributed by atoms with Crippen LogP contribution in [0.1, 0.15) is 18.1 Å². The van der Waals surface area contributed by atoms with Crippen LogP contribution < -0.4 is 19.5 Å². The smallest absolute Gasteiger partial charge is 0.193 e. The summed E-state index contributed by atoms with van der Waals surface area (Å²) in [7, 11) is 7.07. The van der Waals surface area contributed by atoms with Gasteiger partial charge in [-0.1, -0.05) is 24.3 Å². The first kappa shape index (κ1) is 23.9. The number of ether oxygens (including phenoxy) is 3. The first-order chi connectivity index (χ1) is 13.1. The number of rotatable bonds is 8. The molecule has 7 heteroatoms. The molecular formula is C21H30IN3O3. The summed E-state index contributed by atoms with van der Waals surface area (Å²) in [6.07, 6.45) is 0. The van der Waals surface area contributed by atoms with E-state index < -0.39 is 0 Å². The van der Waals surface area contributed by atoms with Crippen LogP contribution in [0, 0.1) is 0 Å². The summed E-state index contributed by atoms with van der Waals surface area (Å²) in [6.45, 7) is 3.97. The second-order valence-electron chi connectivity index (χ2n) is 5.99. The third-order valence-corrected chi connectivity index (χ3v) is 4.15. The Hall–Kier alpha value is -2.16. The Balaban J connectivity index is 0.00000392. The number of benzene rings is 2. The van der Waals surface area contributed by atoms with Crippen molar-refractivity contribution in [2.45, 2.75) is 20.0 Å². The summed E-state index contributed by atoms with van der Waals surface area (Å²) < 4.78 is 16.3. The van der Waals surface area contributed by atoms with Crippen LogP contribution in [-0.2, 0) is 13.1 Å². The maximum Gasteiger partial charge on any atom is 0.193 e. The Bertz CT molecular complexity index is 751. The summed E-state index contributed by atoms with van der Waals surface area (Å²) in [5, 5.41) is 3.38. The maximum absolute atomic E-state index is 5.49. The number of aliphatic imine (C=N–C) groups is 1. The van der Waals surface area contributed by atoms with E-state index in [0.29, 0.717) is 13.2 Å². The van der Waals surface area contributed by atoms with E-state index in [-0.39, 0.29) is 24.0 Å². The number of hydrogen-bond donors (Lipinski definition) is 1. The fraction of sp³-hybridized carbons (Fsp3) is 0.381. The molecule has 2 aromatic rings. The molecule has 0 saturated carbocycles. The predicted molar refractivity (Wildman–Crippen MR) is 124 cm³/mol. The summed E-state index contributed by atoms with van der Waals surface area (Å²) >= 11 is 0. The first-order valence-electron chi connectivity index (χ1n) is 8.96. The molecule has 0 amide bonds. The quantitative estimate of drug-likeness (QED) is 0.339. The van der Waals surface area contributed by atoms with Crippen molar-refractivity contribution >= 4 is 29.9 Å². The predicted octanol–water partition coefficient (Wildman–Crippen LogP) is 3.93. The Morgan fingerprint density at radius 1 is 1.07 bits per heavy atom. The molecule has 154 valence electrons. The molecule has 0 spiro atoms. The first-order valence-corrected chi connectivity index (χ1v) is 8.96. The van der Waals surface area contributed by atoms with Crippen LogP contribution in [0.4, 0.5) is 0 Å². The van der Waals surface area contributed by atoms with Crippen molar-refractivity contribution < 1.29 is 14.2 Å². The maximum atomic E-state index is 5.49. The summed E-state index contributed by atoms with van der Waals surface area (Å²) in [6, 6.07) is 14.0. The molecule has 1 N–H and O–H groups in total. The van der Waals surface area contributed by atoms with Gasteiger partial charge in [0.2, 0.25) is 0 Å². The van der Waals surface area contributed by atoms with E-state index in [1.165, 1.54) is 5.56 Å². The summed E-state index contributed by atoms with van der Waals surface area (Å²) in [5.74, 6) is 3.14. The lowest BCUT2D eigenvalue weighted by molar-refractivity contribution is 0.340. The van der Waals surface area contributed by atoms with Crippen molar-refractivity contribution in [3.63, 3.8) is 0 Å². The third kappa shape index (κ3) is 6.47. The summed E-state index contributed by atoms with van der Waals surface area (Å²) in [5.41, 5.74) is 2.19. The van der Waals surface area contributed by atoms with Gasteiger partial charge in [0, 0.05) is 32.7 Å². The molecular weight excluding hydrogens is 469 g/mol. The van der Waals surface area contributed by atoms with Gasteiger partial charge in [-0.3, -0.25) is 4.99 Å². The molecule has 2 rings (SSSR count). The number of nitrogens with zero attached hydrogens (tertiary/aromatic N) is 2. The molecule has 2 aromatic carbocycles. The molecule has 0 heterocycles. The topological polar surface area (TPSA) is 55.3 Å². The minimum atomic E-state index is 0. The number of guanidine groups is 1. The monoisotopic (exact) mass is 499 g/mol. The van der Waals surface area contributed by atoms with Crippen LogP contribution in [0.3, 0.4) is 0 Å². The largest absolute Gasteiger partial charge is 0.494 e. The van der Waals surface area contributed by atoms with Crippen molar-refractivity contribution in [2.75, 3.05) is 34.9 Å². The van der Waals surface area contributed by atoms with Crippen LogP contribution in [0.2, 0.25) is 0 Å². The van der Waals surface area contributed by atoms with Gasteiger partial charge in [-0.05, 0) is 30.7 Å². The van der Waals surface area contributed by atoms with Crippen LogP contribution in [0.25, 0.3) is 0 Å². The second kappa shape index (κ2) is 12.3. The average molecular weight is 499 g/mol. The Labute approximate surface area is 184 Å². The van der Waals surface area contributed by atoms with Crippen LogP contribution >= 0.6 is 24.0 Å². The molecule has 0 aliphatic carbocycles. The van der Waals surface area contributed by atoms with Crippen LogP contribution in [0.15, 0.2) is 47.5 Å². The molecule has 0 atom stereocenters. The molecule has 28 heavy (non-hydrogen) atoms. The van der Waals surface area contributed by atoms with Gasteiger partial charge in [0.25, 0.3) is 0 Å². The van der Waals surface area contributed by atoms with Gasteiger partial charge in [0.05, 0.1) is 20.8 Å². The van der Waals surface area contributed by atoms with Crippen molar-refractivity contribution in [2.24, 2.45) is 4.99 Å². The third-order valence-electron chi connectivity index (χ3n) is 4.15. The SMILES string of the molecule is CCOc1ccc(CN(C)C(=NC)NCc2cccc(OC)c2OC)cc1.I. The lowest BCUT2D eigenvalue weighted by atomic mass is 10.2. The zero-order valence-corrected chi connectivity index (χ0v) is 19.5. The van der Waals surface area contributed by atoms with E-state index in [1.807, 2.05) is 44.3 Å². The zero-order valence-electron chi connectivity index (χ0n) is 17.2. The number of halogens is 1. The number of methoxy groups -OCH3 is 2. The fourth-order valence-corrected chi connectivity index (χ4v) is 2.86. The summed E-state index contributed by atoms with van der Waals surface area (Å²) in [4.78, 5) is 6.45. The van der Waals surface area contributed by atoms with E-state index in [9.17, 15) is 0 Å². The highest BCUT2D eigenvalue weighted by Gasteiger charge is 2.12. The molecule has 6 nitrogen and oxygen atoms in total. The van der Waals surface area contributed by atoms with Gasteiger partial charge in [0.1, 0.15) is 5.75 Å². The highest BCUT2D eigenvalue weighted by atomic mass is 127. The molecule has 0 aromatic heterocycles. The van der Waals surface area contributed by atoms with Crippen molar-refractivity contribution in [3.8, 4) is 17.2 Å². The number of hydrogen-bond acceptors (Lipinski definition) is 4. The second-order valence-corrected chi connectivity index (χ2v) is 5.99. The Morgan fingerprint density at radius 2 is 1.79 bits per heavy atom. The number of nitrogens with one attached hydrogen (secondary N) is 1. The minimum Gasteiger partial charge on any atom is -0.494 e. The molecule has 0 radical (unpaired) electrons. The van der Waals surface area contributed by atoms with Crippen molar-refractivity contribution in [1.82, 2.24) is 10.2 Å². The van der Waals surface area contributed by atoms with E-state index in [2.05, 4.69) is 27.3 Å². The normalized spacial score (nSPS) is 10.7. The van der Waals surface area contributed by atoms with Gasteiger partial charge in [-0.2, -0.15) is 0 Å². The van der Waals surface area contributed by atoms with Crippen molar-refractivity contribution in [1.29, 1.82) is 0 Å². The Kier molecular flexibility index (Phi) is 10.5. The number of para-hydroxylation sites is 1. The fourth-order valence-electron chi connectivity index (χ4n) is 2.86. The van der Waals surface area contributed by atoms with Gasteiger partial charge in [-0.25, -0.2) is 0 Å². The molecule has 0 aliphatic heterocycles. The molecule has 0 aliphatic rings. The van der Waals surface area contributed by atoms with E-state index >= 15 is 0 Å². The van der Waals surface area contributed by atoms with Gasteiger partial charge in [0.15, 0.2) is 17.5 Å². The Morgan fingerprint density at radius 3 is 2.36 bits per heavy atom. The van der Waals surface area contributed by atoms with E-state index in [4.69, 9.17) is 14.2 Å². The lowest BCUT2D eigenvalue weighted by Crippen LogP contribution is -2.38. The van der Waals surface area contributed by atoms with E-state index in [1.54, 1.807) is 21.3 Å². The minimum absolute atomic E-state index is 0. The standard InChI is InChI=1S/C21H29N3O3.HI/c1-6-27-18-12-10-16(11-13-18)15-24(3)21(22-2)23-14-17-8-7-9-19(25-4)20(17)26-5;/h7-13H,6,14-15H2,1-5H3,(H,22,23);1H. The van der Waals surface area contributed by atoms with Crippen LogP contribution in [-0.4, -0.2) is 45.8 Å². The highest BCUT2D eigenvalue weighted by Crippen LogP contribution is 2.30. The average Bonchev–Trinajstić information content (AvgIpc) is 2.69. The highest BCUT2D eigenvalue weighted by molar-refractivity contribution is 14.0. The molecule has 0 fully saturated rings. The molecule has 0 saturated heterocycles.